The first-order valence-corrected chi connectivity index (χ1v) is 7.54. The Morgan fingerprint density at radius 1 is 1.45 bits per heavy atom. The molecule has 0 atom stereocenters. The lowest BCUT2D eigenvalue weighted by Gasteiger charge is -1.95. The minimum Gasteiger partial charge on any atom is -0.369 e. The van der Waals surface area contributed by atoms with Crippen LogP contribution in [-0.2, 0) is 0 Å². The lowest BCUT2D eigenvalue weighted by Crippen LogP contribution is -2.21. The number of thiazole rings is 1. The van der Waals surface area contributed by atoms with Gasteiger partial charge in [-0.2, -0.15) is 16.4 Å². The van der Waals surface area contributed by atoms with Crippen molar-refractivity contribution in [3.8, 4) is 11.3 Å². The Hall–Kier alpha value is -2.19. The minimum atomic E-state index is -0.0689. The molecule has 0 unspecified atom stereocenters. The van der Waals surface area contributed by atoms with Crippen LogP contribution < -0.4 is 11.5 Å². The van der Waals surface area contributed by atoms with Crippen molar-refractivity contribution >= 4 is 39.8 Å². The Bertz CT molecular complexity index is 789. The Morgan fingerprint density at radius 2 is 2.30 bits per heavy atom. The summed E-state index contributed by atoms with van der Waals surface area (Å²) in [5.41, 5.74) is 13.4. The second-order valence-corrected chi connectivity index (χ2v) is 6.11. The average Bonchev–Trinajstić information content (AvgIpc) is 3.05. The van der Waals surface area contributed by atoms with Crippen LogP contribution in [0.15, 0.2) is 33.2 Å². The summed E-state index contributed by atoms with van der Waals surface area (Å²) in [7, 11) is 0. The van der Waals surface area contributed by atoms with Gasteiger partial charge in [0.1, 0.15) is 5.69 Å². The lowest BCUT2D eigenvalue weighted by atomic mass is 10.2. The molecule has 0 saturated carbocycles. The van der Waals surface area contributed by atoms with Gasteiger partial charge >= 0.3 is 0 Å². The number of nitrogens with zero attached hydrogens (tertiary/aromatic N) is 4. The van der Waals surface area contributed by atoms with Gasteiger partial charge in [-0.15, -0.1) is 16.4 Å². The van der Waals surface area contributed by atoms with E-state index in [-0.39, 0.29) is 5.96 Å². The van der Waals surface area contributed by atoms with E-state index in [2.05, 4.69) is 20.6 Å². The van der Waals surface area contributed by atoms with Gasteiger partial charge in [0.15, 0.2) is 4.96 Å². The molecule has 3 aromatic rings. The van der Waals surface area contributed by atoms with Crippen molar-refractivity contribution in [2.75, 3.05) is 0 Å². The Kier molecular flexibility index (Phi) is 3.25. The number of aromatic nitrogens is 2. The second kappa shape index (κ2) is 5.06. The predicted molar refractivity (Wildman–Crippen MR) is 84.5 cm³/mol. The van der Waals surface area contributed by atoms with Crippen LogP contribution in [0.25, 0.3) is 16.2 Å². The smallest absolute Gasteiger partial charge is 0.211 e. The van der Waals surface area contributed by atoms with Gasteiger partial charge < -0.3 is 11.5 Å². The first-order valence-electron chi connectivity index (χ1n) is 5.78. The van der Waals surface area contributed by atoms with Crippen molar-refractivity contribution in [1.82, 2.24) is 9.38 Å². The molecule has 20 heavy (non-hydrogen) atoms. The zero-order valence-corrected chi connectivity index (χ0v) is 12.3. The highest BCUT2D eigenvalue weighted by molar-refractivity contribution is 7.17. The van der Waals surface area contributed by atoms with Crippen LogP contribution in [0.5, 0.6) is 0 Å². The van der Waals surface area contributed by atoms with Gasteiger partial charge in [0.25, 0.3) is 0 Å². The van der Waals surface area contributed by atoms with Crippen LogP contribution in [0.2, 0.25) is 0 Å². The van der Waals surface area contributed by atoms with E-state index in [4.69, 9.17) is 11.5 Å². The molecule has 0 radical (unpaired) electrons. The van der Waals surface area contributed by atoms with E-state index in [0.717, 1.165) is 21.9 Å². The van der Waals surface area contributed by atoms with Gasteiger partial charge in [0.05, 0.1) is 11.9 Å². The molecule has 3 heterocycles. The molecule has 3 rings (SSSR count). The number of rotatable bonds is 3. The van der Waals surface area contributed by atoms with Crippen LogP contribution >= 0.6 is 22.7 Å². The SMILES string of the molecule is Cc1cn2c(/C=N/N=C(N)N)c(-c3ccsc3)nc2s1. The number of aryl methyl sites for hydroxylation is 1. The van der Waals surface area contributed by atoms with Crippen LogP contribution in [0, 0.1) is 6.92 Å². The van der Waals surface area contributed by atoms with Crippen molar-refractivity contribution in [3.63, 3.8) is 0 Å². The number of imidazole rings is 1. The van der Waals surface area contributed by atoms with Crippen molar-refractivity contribution < 1.29 is 0 Å². The van der Waals surface area contributed by atoms with Crippen LogP contribution in [0.3, 0.4) is 0 Å². The van der Waals surface area contributed by atoms with E-state index < -0.39 is 0 Å². The lowest BCUT2D eigenvalue weighted by molar-refractivity contribution is 1.17. The molecule has 0 aliphatic rings. The van der Waals surface area contributed by atoms with E-state index >= 15 is 0 Å². The van der Waals surface area contributed by atoms with Gasteiger partial charge in [0.2, 0.25) is 5.96 Å². The van der Waals surface area contributed by atoms with Gasteiger partial charge in [-0.1, -0.05) is 0 Å². The summed E-state index contributed by atoms with van der Waals surface area (Å²) in [5, 5.41) is 11.6. The zero-order valence-electron chi connectivity index (χ0n) is 10.6. The number of fused-ring (bicyclic) bond motifs is 1. The average molecular weight is 304 g/mol. The summed E-state index contributed by atoms with van der Waals surface area (Å²) in [6.07, 6.45) is 3.65. The number of hydrogen-bond donors (Lipinski definition) is 2. The highest BCUT2D eigenvalue weighted by Gasteiger charge is 2.14. The van der Waals surface area contributed by atoms with E-state index in [9.17, 15) is 0 Å². The number of guanidine groups is 1. The van der Waals surface area contributed by atoms with Crippen molar-refractivity contribution in [1.29, 1.82) is 0 Å². The molecule has 0 saturated heterocycles. The quantitative estimate of drug-likeness (QED) is 0.440. The Balaban J connectivity index is 2.17. The highest BCUT2D eigenvalue weighted by atomic mass is 32.1. The third-order valence-corrected chi connectivity index (χ3v) is 4.21. The van der Waals surface area contributed by atoms with Crippen LogP contribution in [0.1, 0.15) is 10.6 Å². The molecular formula is C12H12N6S2. The summed E-state index contributed by atoms with van der Waals surface area (Å²) >= 11 is 3.26. The molecule has 0 amide bonds. The van der Waals surface area contributed by atoms with Crippen molar-refractivity contribution in [2.45, 2.75) is 6.92 Å². The number of thiophene rings is 1. The van der Waals surface area contributed by atoms with Crippen molar-refractivity contribution in [2.24, 2.45) is 21.7 Å². The molecule has 0 aromatic carbocycles. The molecule has 4 N–H and O–H groups in total. The van der Waals surface area contributed by atoms with Crippen molar-refractivity contribution in [3.05, 3.63) is 33.6 Å². The van der Waals surface area contributed by atoms with Crippen LogP contribution in [0.4, 0.5) is 0 Å². The normalized spacial score (nSPS) is 11.4. The summed E-state index contributed by atoms with van der Waals surface area (Å²) in [6, 6.07) is 2.03. The molecule has 6 nitrogen and oxygen atoms in total. The Morgan fingerprint density at radius 3 is 3.00 bits per heavy atom. The predicted octanol–water partition coefficient (Wildman–Crippen LogP) is 2.04. The largest absolute Gasteiger partial charge is 0.369 e. The maximum absolute atomic E-state index is 5.28. The first-order chi connectivity index (χ1) is 9.65. The second-order valence-electron chi connectivity index (χ2n) is 4.12. The zero-order chi connectivity index (χ0) is 14.1. The minimum absolute atomic E-state index is 0.0689. The van der Waals surface area contributed by atoms with Crippen LogP contribution in [-0.4, -0.2) is 21.6 Å². The third kappa shape index (κ3) is 2.30. The standard InChI is InChI=1S/C12H12N6S2/c1-7-5-18-9(4-15-17-11(13)14)10(16-12(18)20-7)8-2-3-19-6-8/h2-6H,1H3,(H4,13,14,17)/b15-4+. The molecular weight excluding hydrogens is 292 g/mol. The maximum atomic E-state index is 5.28. The summed E-state index contributed by atoms with van der Waals surface area (Å²) in [4.78, 5) is 6.77. The fourth-order valence-corrected chi connectivity index (χ4v) is 3.33. The van der Waals surface area contributed by atoms with Gasteiger partial charge in [-0.05, 0) is 18.4 Å². The Labute approximate surface area is 123 Å². The fraction of sp³-hybridized carbons (Fsp3) is 0.0833. The topological polar surface area (TPSA) is 94.1 Å². The summed E-state index contributed by atoms with van der Waals surface area (Å²) < 4.78 is 2.00. The van der Waals surface area contributed by atoms with E-state index in [1.165, 1.54) is 4.88 Å². The van der Waals surface area contributed by atoms with E-state index in [0.29, 0.717) is 0 Å². The first kappa shape index (κ1) is 12.8. The highest BCUT2D eigenvalue weighted by Crippen LogP contribution is 2.28. The molecule has 0 aliphatic carbocycles. The molecule has 0 spiro atoms. The van der Waals surface area contributed by atoms with E-state index in [1.807, 2.05) is 29.0 Å². The molecule has 0 aliphatic heterocycles. The van der Waals surface area contributed by atoms with Gasteiger partial charge in [0, 0.05) is 22.0 Å². The summed E-state index contributed by atoms with van der Waals surface area (Å²) in [5.74, 6) is -0.0689. The molecule has 0 fully saturated rings. The van der Waals surface area contributed by atoms with E-state index in [1.54, 1.807) is 28.9 Å². The third-order valence-electron chi connectivity index (χ3n) is 2.63. The fourth-order valence-electron chi connectivity index (χ4n) is 1.86. The monoisotopic (exact) mass is 304 g/mol. The maximum Gasteiger partial charge on any atom is 0.211 e. The van der Waals surface area contributed by atoms with Gasteiger partial charge in [-0.3, -0.25) is 4.40 Å². The number of nitrogens with two attached hydrogens (primary N) is 2. The molecule has 0 bridgehead atoms. The molecule has 8 heteroatoms. The molecule has 3 aromatic heterocycles. The molecule has 102 valence electrons. The summed E-state index contributed by atoms with van der Waals surface area (Å²) in [6.45, 7) is 2.04. The number of hydrogen-bond acceptors (Lipinski definition) is 5. The van der Waals surface area contributed by atoms with Gasteiger partial charge in [-0.25, -0.2) is 4.98 Å².